The lowest BCUT2D eigenvalue weighted by Crippen LogP contribution is -2.31. The number of carbonyl (C=O) groups is 1. The van der Waals surface area contributed by atoms with Crippen LogP contribution in [-0.2, 0) is 19.8 Å². The first-order valence-corrected chi connectivity index (χ1v) is 6.76. The van der Waals surface area contributed by atoms with Gasteiger partial charge in [0.1, 0.15) is 0 Å². The summed E-state index contributed by atoms with van der Waals surface area (Å²) in [6, 6.07) is 1.62. The van der Waals surface area contributed by atoms with Gasteiger partial charge in [0.2, 0.25) is 5.82 Å². The molecule has 6 nitrogen and oxygen atoms in total. The Morgan fingerprint density at radius 1 is 1.48 bits per heavy atom. The molecule has 21 heavy (non-hydrogen) atoms. The number of thiophene rings is 1. The zero-order valence-corrected chi connectivity index (χ0v) is 11.7. The fourth-order valence-corrected chi connectivity index (χ4v) is 2.29. The standard InChI is InChI=1S/C11H11F3N4O2S/c1-17-9(11(12,13)14)16-18(10(17)20)4-3-15-8(19)7-2-5-21-6-7/h2,5-6H,3-4H2,1H3,(H,15,19). The molecule has 0 atom stereocenters. The number of rotatable bonds is 4. The molecule has 1 N–H and O–H groups in total. The smallest absolute Gasteiger partial charge is 0.350 e. The zero-order chi connectivity index (χ0) is 15.6. The molecule has 1 amide bonds. The number of nitrogens with zero attached hydrogens (tertiary/aromatic N) is 3. The minimum Gasteiger partial charge on any atom is -0.350 e. The number of halogens is 3. The first-order chi connectivity index (χ1) is 9.80. The molecule has 0 bridgehead atoms. The Morgan fingerprint density at radius 2 is 2.19 bits per heavy atom. The van der Waals surface area contributed by atoms with Gasteiger partial charge in [-0.15, -0.1) is 5.10 Å². The molecule has 0 saturated carbocycles. The highest BCUT2D eigenvalue weighted by molar-refractivity contribution is 7.08. The second-order valence-corrected chi connectivity index (χ2v) is 4.93. The molecule has 2 aromatic heterocycles. The van der Waals surface area contributed by atoms with Gasteiger partial charge in [-0.05, 0) is 11.4 Å². The fourth-order valence-electron chi connectivity index (χ4n) is 1.65. The van der Waals surface area contributed by atoms with Crippen LogP contribution in [0.1, 0.15) is 16.2 Å². The quantitative estimate of drug-likeness (QED) is 0.917. The fraction of sp³-hybridized carbons (Fsp3) is 0.364. The van der Waals surface area contributed by atoms with Gasteiger partial charge in [0.25, 0.3) is 5.91 Å². The van der Waals surface area contributed by atoms with Crippen molar-refractivity contribution in [1.29, 1.82) is 0 Å². The number of aromatic nitrogens is 3. The summed E-state index contributed by atoms with van der Waals surface area (Å²) < 4.78 is 38.8. The van der Waals surface area contributed by atoms with E-state index in [0.29, 0.717) is 14.8 Å². The van der Waals surface area contributed by atoms with Gasteiger partial charge in [0.15, 0.2) is 0 Å². The van der Waals surface area contributed by atoms with Crippen LogP contribution in [-0.4, -0.2) is 26.8 Å². The van der Waals surface area contributed by atoms with Gasteiger partial charge in [-0.25, -0.2) is 9.48 Å². The van der Waals surface area contributed by atoms with Crippen LogP contribution < -0.4 is 11.0 Å². The summed E-state index contributed by atoms with van der Waals surface area (Å²) in [5.74, 6) is -1.62. The maximum Gasteiger partial charge on any atom is 0.451 e. The average Bonchev–Trinajstić information content (AvgIpc) is 3.01. The van der Waals surface area contributed by atoms with Gasteiger partial charge in [0, 0.05) is 24.5 Å². The van der Waals surface area contributed by atoms with Crippen molar-refractivity contribution in [1.82, 2.24) is 19.7 Å². The van der Waals surface area contributed by atoms with Crippen LogP contribution >= 0.6 is 11.3 Å². The Balaban J connectivity index is 2.01. The van der Waals surface area contributed by atoms with E-state index in [1.165, 1.54) is 11.3 Å². The van der Waals surface area contributed by atoms with Crippen molar-refractivity contribution in [2.45, 2.75) is 12.7 Å². The molecule has 0 aliphatic heterocycles. The Morgan fingerprint density at radius 3 is 2.71 bits per heavy atom. The summed E-state index contributed by atoms with van der Waals surface area (Å²) in [5.41, 5.74) is -0.420. The maximum atomic E-state index is 12.6. The van der Waals surface area contributed by atoms with Crippen LogP contribution in [0.15, 0.2) is 21.6 Å². The predicted molar refractivity (Wildman–Crippen MR) is 69.1 cm³/mol. The van der Waals surface area contributed by atoms with E-state index in [1.54, 1.807) is 16.8 Å². The Bertz CT molecular complexity index is 687. The SMILES string of the molecule is Cn1c(C(F)(F)F)nn(CCNC(=O)c2ccsc2)c1=O. The monoisotopic (exact) mass is 320 g/mol. The molecular weight excluding hydrogens is 309 g/mol. The van der Waals surface area contributed by atoms with E-state index in [2.05, 4.69) is 10.4 Å². The van der Waals surface area contributed by atoms with Crippen LogP contribution in [0, 0.1) is 0 Å². The lowest BCUT2D eigenvalue weighted by atomic mass is 10.3. The van der Waals surface area contributed by atoms with Crippen molar-refractivity contribution in [3.8, 4) is 0 Å². The van der Waals surface area contributed by atoms with E-state index in [-0.39, 0.29) is 19.0 Å². The minimum absolute atomic E-state index is 0.00287. The van der Waals surface area contributed by atoms with E-state index >= 15 is 0 Å². The second-order valence-electron chi connectivity index (χ2n) is 4.15. The highest BCUT2D eigenvalue weighted by Gasteiger charge is 2.37. The molecular formula is C11H11F3N4O2S. The normalized spacial score (nSPS) is 11.6. The van der Waals surface area contributed by atoms with Crippen LogP contribution in [0.5, 0.6) is 0 Å². The first kappa shape index (κ1) is 15.3. The van der Waals surface area contributed by atoms with E-state index < -0.39 is 17.7 Å². The lowest BCUT2D eigenvalue weighted by Gasteiger charge is -2.03. The maximum absolute atomic E-state index is 12.6. The van der Waals surface area contributed by atoms with Crippen molar-refractivity contribution in [2.75, 3.05) is 6.54 Å². The molecule has 2 rings (SSSR count). The number of alkyl halides is 3. The third kappa shape index (κ3) is 3.32. The van der Waals surface area contributed by atoms with Gasteiger partial charge in [-0.1, -0.05) is 0 Å². The van der Waals surface area contributed by atoms with Crippen molar-refractivity contribution in [2.24, 2.45) is 7.05 Å². The number of hydrogen-bond donors (Lipinski definition) is 1. The summed E-state index contributed by atoms with van der Waals surface area (Å²) in [5, 5.41) is 9.11. The minimum atomic E-state index is -4.70. The van der Waals surface area contributed by atoms with Crippen molar-refractivity contribution < 1.29 is 18.0 Å². The molecule has 0 saturated heterocycles. The highest BCUT2D eigenvalue weighted by atomic mass is 32.1. The molecule has 0 aliphatic carbocycles. The van der Waals surface area contributed by atoms with Crippen LogP contribution in [0.3, 0.4) is 0 Å². The van der Waals surface area contributed by atoms with E-state index in [0.717, 1.165) is 7.05 Å². The van der Waals surface area contributed by atoms with Gasteiger partial charge < -0.3 is 5.32 Å². The number of carbonyl (C=O) groups excluding carboxylic acids is 1. The van der Waals surface area contributed by atoms with E-state index in [9.17, 15) is 22.8 Å². The van der Waals surface area contributed by atoms with Crippen molar-refractivity contribution in [3.63, 3.8) is 0 Å². The first-order valence-electron chi connectivity index (χ1n) is 5.82. The molecule has 0 aliphatic rings. The van der Waals surface area contributed by atoms with E-state index in [4.69, 9.17) is 0 Å². The van der Waals surface area contributed by atoms with Crippen molar-refractivity contribution in [3.05, 3.63) is 38.7 Å². The van der Waals surface area contributed by atoms with Crippen LogP contribution in [0.2, 0.25) is 0 Å². The summed E-state index contributed by atoms with van der Waals surface area (Å²) in [7, 11) is 0.999. The second kappa shape index (κ2) is 5.72. The number of amides is 1. The number of hydrogen-bond acceptors (Lipinski definition) is 4. The van der Waals surface area contributed by atoms with Gasteiger partial charge in [0.05, 0.1) is 6.54 Å². The molecule has 0 radical (unpaired) electrons. The summed E-state index contributed by atoms with van der Waals surface area (Å²) in [6.45, 7) is -0.137. The predicted octanol–water partition coefficient (Wildman–Crippen LogP) is 1.09. The molecule has 2 heterocycles. The van der Waals surface area contributed by atoms with Gasteiger partial charge >= 0.3 is 11.9 Å². The molecule has 0 spiro atoms. The molecule has 0 fully saturated rings. The average molecular weight is 320 g/mol. The highest BCUT2D eigenvalue weighted by Crippen LogP contribution is 2.25. The van der Waals surface area contributed by atoms with Gasteiger partial charge in [-0.2, -0.15) is 24.5 Å². The summed E-state index contributed by atoms with van der Waals surface area (Å²) >= 11 is 1.35. The largest absolute Gasteiger partial charge is 0.451 e. The molecule has 0 unspecified atom stereocenters. The van der Waals surface area contributed by atoms with Crippen LogP contribution in [0.25, 0.3) is 0 Å². The summed E-state index contributed by atoms with van der Waals surface area (Å²) in [4.78, 5) is 23.2. The summed E-state index contributed by atoms with van der Waals surface area (Å²) in [6.07, 6.45) is -4.70. The Labute approximate surface area is 120 Å². The van der Waals surface area contributed by atoms with E-state index in [1.807, 2.05) is 0 Å². The third-order valence-electron chi connectivity index (χ3n) is 2.69. The molecule has 10 heteroatoms. The molecule has 2 aromatic rings. The lowest BCUT2D eigenvalue weighted by molar-refractivity contribution is -0.147. The zero-order valence-electron chi connectivity index (χ0n) is 10.8. The number of nitrogens with one attached hydrogen (secondary N) is 1. The van der Waals surface area contributed by atoms with Gasteiger partial charge in [-0.3, -0.25) is 9.36 Å². The third-order valence-corrected chi connectivity index (χ3v) is 3.37. The molecule has 0 aromatic carbocycles. The van der Waals surface area contributed by atoms with Crippen LogP contribution in [0.4, 0.5) is 13.2 Å². The Kier molecular flexibility index (Phi) is 4.16. The Hall–Kier alpha value is -2.10. The molecule has 114 valence electrons. The van der Waals surface area contributed by atoms with Crippen molar-refractivity contribution >= 4 is 17.2 Å². The topological polar surface area (TPSA) is 68.9 Å².